The van der Waals surface area contributed by atoms with Gasteiger partial charge in [-0.1, -0.05) is 23.8 Å². The molecule has 5 nitrogen and oxygen atoms in total. The summed E-state index contributed by atoms with van der Waals surface area (Å²) >= 11 is 0. The quantitative estimate of drug-likeness (QED) is 0.920. The topological polar surface area (TPSA) is 62.3 Å². The van der Waals surface area contributed by atoms with Crippen molar-refractivity contribution in [2.75, 3.05) is 7.05 Å². The van der Waals surface area contributed by atoms with E-state index in [0.29, 0.717) is 12.1 Å². The molecule has 1 atom stereocenters. The van der Waals surface area contributed by atoms with Gasteiger partial charge in [-0.3, -0.25) is 14.6 Å². The first-order valence-corrected chi connectivity index (χ1v) is 7.49. The van der Waals surface area contributed by atoms with Gasteiger partial charge in [-0.2, -0.15) is 0 Å². The summed E-state index contributed by atoms with van der Waals surface area (Å²) < 4.78 is 0. The molecule has 2 rings (SSSR count). The van der Waals surface area contributed by atoms with Crippen molar-refractivity contribution in [1.29, 1.82) is 0 Å². The van der Waals surface area contributed by atoms with Crippen LogP contribution in [0.1, 0.15) is 28.4 Å². The van der Waals surface area contributed by atoms with Gasteiger partial charge >= 0.3 is 0 Å². The van der Waals surface area contributed by atoms with Gasteiger partial charge < -0.3 is 10.2 Å². The molecular formula is C18H21N3O2. The van der Waals surface area contributed by atoms with Crippen LogP contribution in [0.5, 0.6) is 0 Å². The average molecular weight is 311 g/mol. The van der Waals surface area contributed by atoms with Gasteiger partial charge in [-0.05, 0) is 37.6 Å². The molecule has 0 radical (unpaired) electrons. The van der Waals surface area contributed by atoms with Crippen LogP contribution in [0.25, 0.3) is 0 Å². The van der Waals surface area contributed by atoms with E-state index in [-0.39, 0.29) is 11.8 Å². The minimum Gasteiger partial charge on any atom is -0.341 e. The van der Waals surface area contributed by atoms with E-state index in [1.165, 1.54) is 0 Å². The standard InChI is InChI=1S/C18H21N3O2/c1-13-6-4-8-16(10-13)17(22)20-14(2)18(23)21(3)12-15-7-5-9-19-11-15/h4-11,14H,12H2,1-3H3,(H,20,22). The first kappa shape index (κ1) is 16.7. The van der Waals surface area contributed by atoms with Crippen molar-refractivity contribution in [2.24, 2.45) is 0 Å². The molecule has 0 spiro atoms. The Morgan fingerprint density at radius 2 is 2.04 bits per heavy atom. The molecule has 0 bridgehead atoms. The molecule has 23 heavy (non-hydrogen) atoms. The number of nitrogens with one attached hydrogen (secondary N) is 1. The minimum absolute atomic E-state index is 0.144. The highest BCUT2D eigenvalue weighted by atomic mass is 16.2. The SMILES string of the molecule is Cc1cccc(C(=O)NC(C)C(=O)N(C)Cc2cccnc2)c1. The molecule has 5 heteroatoms. The number of aryl methyl sites for hydroxylation is 1. The summed E-state index contributed by atoms with van der Waals surface area (Å²) in [7, 11) is 1.71. The van der Waals surface area contributed by atoms with E-state index in [2.05, 4.69) is 10.3 Å². The Morgan fingerprint density at radius 3 is 2.70 bits per heavy atom. The van der Waals surface area contributed by atoms with E-state index in [4.69, 9.17) is 0 Å². The Morgan fingerprint density at radius 1 is 1.26 bits per heavy atom. The highest BCUT2D eigenvalue weighted by Gasteiger charge is 2.20. The summed E-state index contributed by atoms with van der Waals surface area (Å²) in [6, 6.07) is 10.4. The highest BCUT2D eigenvalue weighted by Crippen LogP contribution is 2.06. The third kappa shape index (κ3) is 4.64. The van der Waals surface area contributed by atoms with E-state index in [9.17, 15) is 9.59 Å². The third-order valence-corrected chi connectivity index (χ3v) is 3.52. The Kier molecular flexibility index (Phi) is 5.46. The van der Waals surface area contributed by atoms with Gasteiger partial charge in [0.15, 0.2) is 0 Å². The van der Waals surface area contributed by atoms with Crippen molar-refractivity contribution >= 4 is 11.8 Å². The summed E-state index contributed by atoms with van der Waals surface area (Å²) in [5.41, 5.74) is 2.51. The number of carbonyl (C=O) groups excluding carboxylic acids is 2. The highest BCUT2D eigenvalue weighted by molar-refractivity contribution is 5.97. The Hall–Kier alpha value is -2.69. The van der Waals surface area contributed by atoms with Crippen molar-refractivity contribution in [2.45, 2.75) is 26.4 Å². The zero-order valence-corrected chi connectivity index (χ0v) is 13.6. The van der Waals surface area contributed by atoms with Crippen molar-refractivity contribution in [3.05, 3.63) is 65.5 Å². The number of aromatic nitrogens is 1. The Bertz CT molecular complexity index is 686. The summed E-state index contributed by atoms with van der Waals surface area (Å²) in [5, 5.41) is 2.74. The second-order valence-electron chi connectivity index (χ2n) is 5.62. The van der Waals surface area contributed by atoms with Crippen LogP contribution in [-0.2, 0) is 11.3 Å². The molecular weight excluding hydrogens is 290 g/mol. The lowest BCUT2D eigenvalue weighted by Crippen LogP contribution is -2.45. The third-order valence-electron chi connectivity index (χ3n) is 3.52. The molecule has 0 aliphatic carbocycles. The molecule has 1 unspecified atom stereocenters. The summed E-state index contributed by atoms with van der Waals surface area (Å²) in [6.07, 6.45) is 3.41. The predicted octanol–water partition coefficient (Wildman–Crippen LogP) is 2.17. The van der Waals surface area contributed by atoms with Gasteiger partial charge in [0.05, 0.1) is 0 Å². The largest absolute Gasteiger partial charge is 0.341 e. The van der Waals surface area contributed by atoms with Crippen LogP contribution in [-0.4, -0.2) is 34.8 Å². The first-order valence-electron chi connectivity index (χ1n) is 7.49. The number of hydrogen-bond acceptors (Lipinski definition) is 3. The fraction of sp³-hybridized carbons (Fsp3) is 0.278. The van der Waals surface area contributed by atoms with Crippen LogP contribution in [0.2, 0.25) is 0 Å². The number of likely N-dealkylation sites (N-methyl/N-ethyl adjacent to an activating group) is 1. The maximum atomic E-state index is 12.4. The number of rotatable bonds is 5. The number of benzene rings is 1. The van der Waals surface area contributed by atoms with Crippen molar-refractivity contribution in [1.82, 2.24) is 15.2 Å². The van der Waals surface area contributed by atoms with Crippen LogP contribution in [0.15, 0.2) is 48.8 Å². The van der Waals surface area contributed by atoms with Crippen LogP contribution in [0, 0.1) is 6.92 Å². The van der Waals surface area contributed by atoms with Crippen LogP contribution in [0.4, 0.5) is 0 Å². The molecule has 1 heterocycles. The second-order valence-corrected chi connectivity index (χ2v) is 5.62. The molecule has 1 N–H and O–H groups in total. The summed E-state index contributed by atoms with van der Waals surface area (Å²) in [6.45, 7) is 4.07. The maximum Gasteiger partial charge on any atom is 0.251 e. The number of carbonyl (C=O) groups is 2. The molecule has 2 amide bonds. The van der Waals surface area contributed by atoms with Gasteiger partial charge in [-0.25, -0.2) is 0 Å². The lowest BCUT2D eigenvalue weighted by molar-refractivity contribution is -0.132. The zero-order chi connectivity index (χ0) is 16.8. The smallest absolute Gasteiger partial charge is 0.251 e. The lowest BCUT2D eigenvalue weighted by atomic mass is 10.1. The number of pyridine rings is 1. The van der Waals surface area contributed by atoms with Crippen molar-refractivity contribution in [3.8, 4) is 0 Å². The molecule has 1 aromatic carbocycles. The molecule has 0 fully saturated rings. The second kappa shape index (κ2) is 7.54. The average Bonchev–Trinajstić information content (AvgIpc) is 2.54. The summed E-state index contributed by atoms with van der Waals surface area (Å²) in [4.78, 5) is 30.2. The molecule has 0 aliphatic rings. The van der Waals surface area contributed by atoms with Gasteiger partial charge in [0.1, 0.15) is 6.04 Å². The van der Waals surface area contributed by atoms with Gasteiger partial charge in [0.2, 0.25) is 5.91 Å². The Balaban J connectivity index is 1.95. The van der Waals surface area contributed by atoms with Gasteiger partial charge in [0.25, 0.3) is 5.91 Å². The maximum absolute atomic E-state index is 12.4. The molecule has 1 aromatic heterocycles. The van der Waals surface area contributed by atoms with E-state index < -0.39 is 6.04 Å². The molecule has 0 saturated heterocycles. The van der Waals surface area contributed by atoms with Crippen LogP contribution < -0.4 is 5.32 Å². The molecule has 2 aromatic rings. The predicted molar refractivity (Wildman–Crippen MR) is 88.8 cm³/mol. The fourth-order valence-corrected chi connectivity index (χ4v) is 2.30. The first-order chi connectivity index (χ1) is 11.0. The lowest BCUT2D eigenvalue weighted by Gasteiger charge is -2.22. The van der Waals surface area contributed by atoms with Gasteiger partial charge in [0, 0.05) is 31.5 Å². The minimum atomic E-state index is -0.593. The Labute approximate surface area is 136 Å². The number of hydrogen-bond donors (Lipinski definition) is 1. The fourth-order valence-electron chi connectivity index (χ4n) is 2.30. The molecule has 120 valence electrons. The van der Waals surface area contributed by atoms with E-state index >= 15 is 0 Å². The van der Waals surface area contributed by atoms with E-state index in [0.717, 1.165) is 11.1 Å². The van der Waals surface area contributed by atoms with E-state index in [1.54, 1.807) is 43.4 Å². The summed E-state index contributed by atoms with van der Waals surface area (Å²) in [5.74, 6) is -0.390. The molecule has 0 saturated carbocycles. The number of amides is 2. The van der Waals surface area contributed by atoms with Crippen LogP contribution in [0.3, 0.4) is 0 Å². The molecule has 0 aliphatic heterocycles. The normalized spacial score (nSPS) is 11.6. The van der Waals surface area contributed by atoms with Gasteiger partial charge in [-0.15, -0.1) is 0 Å². The zero-order valence-electron chi connectivity index (χ0n) is 13.6. The van der Waals surface area contributed by atoms with Crippen molar-refractivity contribution < 1.29 is 9.59 Å². The number of nitrogens with zero attached hydrogens (tertiary/aromatic N) is 2. The van der Waals surface area contributed by atoms with E-state index in [1.807, 2.05) is 31.2 Å². The van der Waals surface area contributed by atoms with Crippen LogP contribution >= 0.6 is 0 Å². The van der Waals surface area contributed by atoms with Crippen molar-refractivity contribution in [3.63, 3.8) is 0 Å². The monoisotopic (exact) mass is 311 g/mol.